The van der Waals surface area contributed by atoms with Crippen molar-refractivity contribution in [3.63, 3.8) is 0 Å². The number of hydrogen-bond donors (Lipinski definition) is 0. The Balaban J connectivity index is 1.35. The highest BCUT2D eigenvalue weighted by Crippen LogP contribution is 2.27. The Kier molecular flexibility index (Phi) is 6.70. The van der Waals surface area contributed by atoms with Crippen LogP contribution in [0, 0.1) is 24.6 Å². The van der Waals surface area contributed by atoms with E-state index in [9.17, 15) is 14.0 Å². The van der Waals surface area contributed by atoms with Crippen LogP contribution in [0.3, 0.4) is 0 Å². The van der Waals surface area contributed by atoms with Crippen LogP contribution in [0.15, 0.2) is 24.3 Å². The first kappa shape index (κ1) is 21.9. The lowest BCUT2D eigenvalue weighted by atomic mass is 9.92. The number of carbonyl (C=O) groups excluding carboxylic acids is 2. The third-order valence-corrected chi connectivity index (χ3v) is 7.55. The summed E-state index contributed by atoms with van der Waals surface area (Å²) in [5.74, 6) is 0.641. The highest BCUT2D eigenvalue weighted by molar-refractivity contribution is 7.13. The largest absolute Gasteiger partial charge is 0.342 e. The van der Waals surface area contributed by atoms with E-state index >= 15 is 0 Å². The van der Waals surface area contributed by atoms with Gasteiger partial charge in [-0.25, -0.2) is 9.37 Å². The fraction of sp³-hybridized carbons (Fsp3) is 0.542. The van der Waals surface area contributed by atoms with Gasteiger partial charge >= 0.3 is 0 Å². The molecule has 31 heavy (non-hydrogen) atoms. The molecule has 1 atom stereocenters. The third-order valence-electron chi connectivity index (χ3n) is 6.40. The summed E-state index contributed by atoms with van der Waals surface area (Å²) >= 11 is 1.42. The molecule has 0 saturated carbocycles. The Bertz CT molecular complexity index is 935. The Morgan fingerprint density at radius 3 is 2.48 bits per heavy atom. The standard InChI is InChI=1S/C24H30FN3O2S/c1-16-4-3-11-28(15-16)23(29)19-9-12-27(13-10-19)24(30)22-17(2)26-21(31-22)14-18-5-7-20(25)8-6-18/h5-8,16,19H,3-4,9-15H2,1-2H3. The van der Waals surface area contributed by atoms with Crippen LogP contribution >= 0.6 is 11.3 Å². The molecule has 3 heterocycles. The number of thiazole rings is 1. The summed E-state index contributed by atoms with van der Waals surface area (Å²) in [6.45, 7) is 7.05. The first-order valence-corrected chi connectivity index (χ1v) is 12.0. The molecule has 5 nitrogen and oxygen atoms in total. The van der Waals surface area contributed by atoms with E-state index in [4.69, 9.17) is 0 Å². The summed E-state index contributed by atoms with van der Waals surface area (Å²) in [6, 6.07) is 6.38. The Morgan fingerprint density at radius 2 is 1.81 bits per heavy atom. The minimum atomic E-state index is -0.258. The molecule has 166 valence electrons. The van der Waals surface area contributed by atoms with Crippen molar-refractivity contribution in [3.05, 3.63) is 51.2 Å². The number of likely N-dealkylation sites (tertiary alicyclic amines) is 2. The van der Waals surface area contributed by atoms with Gasteiger partial charge in [0, 0.05) is 38.5 Å². The maximum atomic E-state index is 13.1. The molecule has 2 aromatic rings. The van der Waals surface area contributed by atoms with Crippen molar-refractivity contribution in [2.45, 2.75) is 46.0 Å². The molecule has 0 spiro atoms. The molecular formula is C24H30FN3O2S. The number of piperidine rings is 2. The van der Waals surface area contributed by atoms with E-state index in [1.165, 1.54) is 29.9 Å². The maximum absolute atomic E-state index is 13.1. The topological polar surface area (TPSA) is 53.5 Å². The van der Waals surface area contributed by atoms with Gasteiger partial charge in [0.05, 0.1) is 10.7 Å². The molecule has 2 saturated heterocycles. The summed E-state index contributed by atoms with van der Waals surface area (Å²) in [6.07, 6.45) is 4.35. The SMILES string of the molecule is Cc1nc(Cc2ccc(F)cc2)sc1C(=O)N1CCC(C(=O)N2CCCC(C)C2)CC1. The van der Waals surface area contributed by atoms with Crippen LogP contribution < -0.4 is 0 Å². The van der Waals surface area contributed by atoms with E-state index in [0.717, 1.165) is 48.6 Å². The molecule has 1 aromatic carbocycles. The van der Waals surface area contributed by atoms with Gasteiger partial charge in [-0.1, -0.05) is 19.1 Å². The molecule has 0 aliphatic carbocycles. The molecular weight excluding hydrogens is 413 g/mol. The van der Waals surface area contributed by atoms with Gasteiger partial charge in [0.1, 0.15) is 10.7 Å². The zero-order valence-electron chi connectivity index (χ0n) is 18.3. The third kappa shape index (κ3) is 5.14. The number of benzene rings is 1. The van der Waals surface area contributed by atoms with E-state index in [1.807, 2.05) is 16.7 Å². The van der Waals surface area contributed by atoms with Crippen molar-refractivity contribution in [3.8, 4) is 0 Å². The van der Waals surface area contributed by atoms with Gasteiger partial charge in [0.25, 0.3) is 5.91 Å². The average Bonchev–Trinajstić information content (AvgIpc) is 3.14. The van der Waals surface area contributed by atoms with Crippen molar-refractivity contribution in [1.82, 2.24) is 14.8 Å². The number of aryl methyl sites for hydroxylation is 1. The maximum Gasteiger partial charge on any atom is 0.265 e. The van der Waals surface area contributed by atoms with Crippen LogP contribution in [0.1, 0.15) is 58.5 Å². The lowest BCUT2D eigenvalue weighted by Crippen LogP contribution is -2.46. The second kappa shape index (κ2) is 9.47. The average molecular weight is 444 g/mol. The van der Waals surface area contributed by atoms with Gasteiger partial charge < -0.3 is 9.80 Å². The van der Waals surface area contributed by atoms with Crippen molar-refractivity contribution in [2.24, 2.45) is 11.8 Å². The lowest BCUT2D eigenvalue weighted by Gasteiger charge is -2.37. The number of nitrogens with zero attached hydrogens (tertiary/aromatic N) is 3. The van der Waals surface area contributed by atoms with Gasteiger partial charge in [-0.3, -0.25) is 9.59 Å². The Hall–Kier alpha value is -2.28. The van der Waals surface area contributed by atoms with Crippen molar-refractivity contribution in [2.75, 3.05) is 26.2 Å². The van der Waals surface area contributed by atoms with Gasteiger partial charge in [-0.05, 0) is 56.2 Å². The number of rotatable bonds is 4. The molecule has 1 unspecified atom stereocenters. The van der Waals surface area contributed by atoms with Crippen LogP contribution in [0.2, 0.25) is 0 Å². The smallest absolute Gasteiger partial charge is 0.265 e. The molecule has 2 amide bonds. The molecule has 0 radical (unpaired) electrons. The first-order valence-electron chi connectivity index (χ1n) is 11.2. The monoisotopic (exact) mass is 443 g/mol. The van der Waals surface area contributed by atoms with Crippen molar-refractivity contribution >= 4 is 23.2 Å². The summed E-state index contributed by atoms with van der Waals surface area (Å²) in [7, 11) is 0. The highest BCUT2D eigenvalue weighted by atomic mass is 32.1. The minimum Gasteiger partial charge on any atom is -0.342 e. The Labute approximate surface area is 187 Å². The predicted octanol–water partition coefficient (Wildman–Crippen LogP) is 4.29. The number of halogens is 1. The number of aromatic nitrogens is 1. The summed E-state index contributed by atoms with van der Waals surface area (Å²) in [5.41, 5.74) is 1.72. The lowest BCUT2D eigenvalue weighted by molar-refractivity contribution is -0.138. The number of carbonyl (C=O) groups is 2. The second-order valence-corrected chi connectivity index (χ2v) is 10.0. The van der Waals surface area contributed by atoms with E-state index in [1.54, 1.807) is 12.1 Å². The van der Waals surface area contributed by atoms with E-state index in [-0.39, 0.29) is 23.5 Å². The quantitative estimate of drug-likeness (QED) is 0.708. The van der Waals surface area contributed by atoms with Crippen LogP contribution in [-0.2, 0) is 11.2 Å². The van der Waals surface area contributed by atoms with Gasteiger partial charge in [0.2, 0.25) is 5.91 Å². The summed E-state index contributed by atoms with van der Waals surface area (Å²) < 4.78 is 13.1. The van der Waals surface area contributed by atoms with Gasteiger partial charge in [0.15, 0.2) is 0 Å². The zero-order valence-corrected chi connectivity index (χ0v) is 19.1. The fourth-order valence-electron chi connectivity index (χ4n) is 4.62. The molecule has 0 N–H and O–H groups in total. The minimum absolute atomic E-state index is 0.0119. The molecule has 0 bridgehead atoms. The second-order valence-electron chi connectivity index (χ2n) is 8.92. The molecule has 2 aliphatic heterocycles. The van der Waals surface area contributed by atoms with Crippen molar-refractivity contribution < 1.29 is 14.0 Å². The van der Waals surface area contributed by atoms with E-state index < -0.39 is 0 Å². The molecule has 2 fully saturated rings. The molecule has 2 aliphatic rings. The predicted molar refractivity (Wildman–Crippen MR) is 120 cm³/mol. The van der Waals surface area contributed by atoms with Crippen molar-refractivity contribution in [1.29, 1.82) is 0 Å². The van der Waals surface area contributed by atoms with Gasteiger partial charge in [-0.15, -0.1) is 11.3 Å². The summed E-state index contributed by atoms with van der Waals surface area (Å²) in [5, 5.41) is 0.858. The number of amides is 2. The van der Waals surface area contributed by atoms with Crippen LogP contribution in [-0.4, -0.2) is 52.8 Å². The molecule has 7 heteroatoms. The fourth-order valence-corrected chi connectivity index (χ4v) is 5.69. The molecule has 1 aromatic heterocycles. The zero-order chi connectivity index (χ0) is 22.0. The van der Waals surface area contributed by atoms with Crippen LogP contribution in [0.5, 0.6) is 0 Å². The van der Waals surface area contributed by atoms with E-state index in [2.05, 4.69) is 11.9 Å². The molecule has 4 rings (SSSR count). The normalized spacial score (nSPS) is 20.2. The van der Waals surface area contributed by atoms with Gasteiger partial charge in [-0.2, -0.15) is 0 Å². The number of hydrogen-bond acceptors (Lipinski definition) is 4. The highest BCUT2D eigenvalue weighted by Gasteiger charge is 2.32. The first-order chi connectivity index (χ1) is 14.9. The summed E-state index contributed by atoms with van der Waals surface area (Å²) in [4.78, 5) is 35.1. The van der Waals surface area contributed by atoms with E-state index in [0.29, 0.717) is 30.3 Å². The van der Waals surface area contributed by atoms with Crippen LogP contribution in [0.25, 0.3) is 0 Å². The Morgan fingerprint density at radius 1 is 1.10 bits per heavy atom. The van der Waals surface area contributed by atoms with Crippen LogP contribution in [0.4, 0.5) is 4.39 Å².